The minimum Gasteiger partial charge on any atom is -0.480 e. The van der Waals surface area contributed by atoms with E-state index in [1.165, 1.54) is 6.92 Å². The van der Waals surface area contributed by atoms with Crippen LogP contribution in [0.4, 0.5) is 0 Å². The van der Waals surface area contributed by atoms with Gasteiger partial charge in [0.2, 0.25) is 5.91 Å². The lowest BCUT2D eigenvalue weighted by Crippen LogP contribution is -2.41. The second-order valence-electron chi connectivity index (χ2n) is 4.44. The maximum absolute atomic E-state index is 11.2. The van der Waals surface area contributed by atoms with Crippen LogP contribution in [0.2, 0.25) is 0 Å². The van der Waals surface area contributed by atoms with E-state index in [-0.39, 0.29) is 19.4 Å². The number of nitrogens with one attached hydrogen (secondary N) is 1. The second kappa shape index (κ2) is 5.14. The van der Waals surface area contributed by atoms with Crippen molar-refractivity contribution in [3.63, 3.8) is 0 Å². The molecule has 5 nitrogen and oxygen atoms in total. The minimum absolute atomic E-state index is 0.0678. The van der Waals surface area contributed by atoms with Crippen molar-refractivity contribution < 1.29 is 16.1 Å². The fourth-order valence-corrected chi connectivity index (χ4v) is 2.15. The number of carboxylic acids is 1. The highest BCUT2D eigenvalue weighted by molar-refractivity contribution is 5.86. The van der Waals surface area contributed by atoms with Crippen molar-refractivity contribution in [1.29, 1.82) is 0 Å². The van der Waals surface area contributed by atoms with Gasteiger partial charge >= 0.3 is 5.97 Å². The van der Waals surface area contributed by atoms with E-state index >= 15 is 0 Å². The van der Waals surface area contributed by atoms with Gasteiger partial charge in [0.1, 0.15) is 6.04 Å². The third-order valence-corrected chi connectivity index (χ3v) is 2.97. The van der Waals surface area contributed by atoms with Crippen molar-refractivity contribution in [2.45, 2.75) is 19.4 Å². The Balaban J connectivity index is 2.37. The highest BCUT2D eigenvalue weighted by Crippen LogP contribution is 2.21. The number of carbonyl (C=O) groups excluding carboxylic acids is 1. The fraction of sp³-hybridized carbons (Fsp3) is 0.286. The lowest BCUT2D eigenvalue weighted by molar-refractivity contribution is -0.141. The molecule has 0 aliphatic carbocycles. The van der Waals surface area contributed by atoms with Crippen LogP contribution in [-0.2, 0) is 23.0 Å². The zero-order valence-corrected chi connectivity index (χ0v) is 10.6. The monoisotopic (exact) mass is 261 g/mol. The van der Waals surface area contributed by atoms with Gasteiger partial charge < -0.3 is 15.0 Å². The van der Waals surface area contributed by atoms with Gasteiger partial charge in [0.25, 0.3) is 0 Å². The van der Waals surface area contributed by atoms with E-state index in [4.69, 9.17) is 6.48 Å². The van der Waals surface area contributed by atoms with Crippen molar-refractivity contribution in [3.8, 4) is 0 Å². The van der Waals surface area contributed by atoms with Crippen molar-refractivity contribution in [2.75, 3.05) is 0 Å². The van der Waals surface area contributed by atoms with Crippen LogP contribution in [0, 0.1) is 0 Å². The molecule has 1 amide bonds. The van der Waals surface area contributed by atoms with E-state index in [2.05, 4.69) is 5.32 Å². The predicted molar refractivity (Wildman–Crippen MR) is 71.9 cm³/mol. The number of aromatic nitrogens is 1. The molecule has 2 rings (SSSR count). The number of benzene rings is 1. The number of nitrogens with zero attached hydrogens (tertiary/aromatic N) is 1. The van der Waals surface area contributed by atoms with Crippen LogP contribution in [0.3, 0.4) is 0 Å². The molecule has 0 saturated heterocycles. The molecule has 0 bridgehead atoms. The highest BCUT2D eigenvalue weighted by atomic mass is 16.4. The lowest BCUT2D eigenvalue weighted by Gasteiger charge is -2.12. The first-order valence-electron chi connectivity index (χ1n) is 6.59. The number of rotatable bonds is 4. The molecule has 1 atom stereocenters. The standard InChI is InChI=1S/C14H16N2O3/c1-9(17)15-12(14(18)19)7-10-8-16(2)13-6-4-3-5-11(10)13/h3-6,8,12H,7H2,1-2H3,(H,15,17)(H,18,19)/t12-/m0/s1/i2D. The molecule has 100 valence electrons. The Hall–Kier alpha value is -2.30. The molecule has 0 fully saturated rings. The largest absolute Gasteiger partial charge is 0.480 e. The number of amides is 1. The first kappa shape index (κ1) is 11.8. The van der Waals surface area contributed by atoms with Gasteiger partial charge in [-0.05, 0) is 11.6 Å². The number of carboxylic acid groups (broad SMARTS) is 1. The summed E-state index contributed by atoms with van der Waals surface area (Å²) in [5, 5.41) is 12.5. The van der Waals surface area contributed by atoms with Crippen LogP contribution >= 0.6 is 0 Å². The van der Waals surface area contributed by atoms with E-state index in [1.54, 1.807) is 10.8 Å². The molecular weight excluding hydrogens is 244 g/mol. The molecular formula is C14H16N2O3. The highest BCUT2D eigenvalue weighted by Gasteiger charge is 2.20. The second-order valence-corrected chi connectivity index (χ2v) is 4.44. The summed E-state index contributed by atoms with van der Waals surface area (Å²) in [6, 6.07) is 6.57. The van der Waals surface area contributed by atoms with Gasteiger partial charge in [0.05, 0.1) is 0 Å². The van der Waals surface area contributed by atoms with E-state index < -0.39 is 12.0 Å². The molecule has 1 aromatic heterocycles. The number of hydrogen-bond acceptors (Lipinski definition) is 2. The van der Waals surface area contributed by atoms with E-state index in [0.717, 1.165) is 16.5 Å². The van der Waals surface area contributed by atoms with Crippen LogP contribution < -0.4 is 5.32 Å². The Morgan fingerprint density at radius 3 is 2.84 bits per heavy atom. The zero-order chi connectivity index (χ0) is 14.7. The number of aryl methyl sites for hydroxylation is 1. The maximum atomic E-state index is 11.2. The van der Waals surface area contributed by atoms with Gasteiger partial charge in [0, 0.05) is 38.8 Å². The summed E-state index contributed by atoms with van der Waals surface area (Å²) in [4.78, 5) is 22.3. The van der Waals surface area contributed by atoms with Gasteiger partial charge in [-0.25, -0.2) is 4.79 Å². The molecule has 0 saturated carbocycles. The van der Waals surface area contributed by atoms with Crippen molar-refractivity contribution >= 4 is 22.8 Å². The van der Waals surface area contributed by atoms with Gasteiger partial charge in [-0.3, -0.25) is 4.79 Å². The average molecular weight is 261 g/mol. The van der Waals surface area contributed by atoms with Crippen molar-refractivity contribution in [3.05, 3.63) is 36.0 Å². The van der Waals surface area contributed by atoms with E-state index in [9.17, 15) is 9.59 Å². The molecule has 1 aromatic carbocycles. The molecule has 0 radical (unpaired) electrons. The summed E-state index contributed by atoms with van der Waals surface area (Å²) >= 11 is 0. The number of aliphatic carboxylic acids is 1. The molecule has 2 N–H and O–H groups in total. The van der Waals surface area contributed by atoms with Crippen molar-refractivity contribution in [1.82, 2.24) is 9.88 Å². The first-order chi connectivity index (χ1) is 9.52. The quantitative estimate of drug-likeness (QED) is 0.871. The van der Waals surface area contributed by atoms with E-state index in [0.29, 0.717) is 0 Å². The summed E-state index contributed by atoms with van der Waals surface area (Å²) in [5.41, 5.74) is 1.71. The van der Waals surface area contributed by atoms with Crippen molar-refractivity contribution in [2.24, 2.45) is 7.02 Å². The number of fused-ring (bicyclic) bond motifs is 1. The Kier molecular flexibility index (Phi) is 3.18. The summed E-state index contributed by atoms with van der Waals surface area (Å²) in [6.07, 6.45) is 1.97. The topological polar surface area (TPSA) is 71.3 Å². The number of para-hydroxylation sites is 1. The number of carbonyl (C=O) groups is 2. The lowest BCUT2D eigenvalue weighted by atomic mass is 10.1. The summed E-state index contributed by atoms with van der Waals surface area (Å²) in [7, 11) is 0.0678. The summed E-state index contributed by atoms with van der Waals surface area (Å²) in [6.45, 7) is 1.29. The van der Waals surface area contributed by atoms with Gasteiger partial charge in [-0.15, -0.1) is 0 Å². The van der Waals surface area contributed by atoms with Crippen LogP contribution in [0.25, 0.3) is 10.9 Å². The van der Waals surface area contributed by atoms with Crippen LogP contribution in [-0.4, -0.2) is 27.6 Å². The SMILES string of the molecule is [2H]Cn1cc(C[C@H](NC(C)=O)C(=O)O)c2ccccc21. The molecule has 1 heterocycles. The third kappa shape index (κ3) is 2.76. The van der Waals surface area contributed by atoms with Gasteiger partial charge in [-0.2, -0.15) is 0 Å². The van der Waals surface area contributed by atoms with Crippen LogP contribution in [0.15, 0.2) is 30.5 Å². The Bertz CT molecular complexity index is 651. The fourth-order valence-electron chi connectivity index (χ4n) is 2.15. The maximum Gasteiger partial charge on any atom is 0.326 e. The first-order valence-corrected chi connectivity index (χ1v) is 5.89. The molecule has 0 spiro atoms. The smallest absolute Gasteiger partial charge is 0.326 e. The average Bonchev–Trinajstić information content (AvgIpc) is 2.76. The predicted octanol–water partition coefficient (Wildman–Crippen LogP) is 1.31. The van der Waals surface area contributed by atoms with Crippen LogP contribution in [0.5, 0.6) is 0 Å². The van der Waals surface area contributed by atoms with E-state index in [1.807, 2.05) is 24.3 Å². The zero-order valence-electron chi connectivity index (χ0n) is 11.6. The Labute approximate surface area is 112 Å². The summed E-state index contributed by atoms with van der Waals surface area (Å²) < 4.78 is 9.24. The van der Waals surface area contributed by atoms with Gasteiger partial charge in [0.15, 0.2) is 0 Å². The molecule has 19 heavy (non-hydrogen) atoms. The van der Waals surface area contributed by atoms with Gasteiger partial charge in [-0.1, -0.05) is 18.2 Å². The number of hydrogen-bond donors (Lipinski definition) is 2. The normalized spacial score (nSPS) is 13.0. The summed E-state index contributed by atoms with van der Waals surface area (Å²) in [5.74, 6) is -1.44. The Morgan fingerprint density at radius 2 is 2.21 bits per heavy atom. The van der Waals surface area contributed by atoms with Crippen LogP contribution in [0.1, 0.15) is 13.9 Å². The molecule has 0 aliphatic rings. The minimum atomic E-state index is -1.07. The molecule has 5 heteroatoms. The molecule has 0 unspecified atom stereocenters. The molecule has 0 aliphatic heterocycles. The molecule has 2 aromatic rings. The Morgan fingerprint density at radius 1 is 1.47 bits per heavy atom. The third-order valence-electron chi connectivity index (χ3n) is 2.97.